The number of hydrogen-bond donors (Lipinski definition) is 1. The predicted molar refractivity (Wildman–Crippen MR) is 95.2 cm³/mol. The number of pyridine rings is 1. The molecule has 1 N–H and O–H groups in total. The monoisotopic (exact) mass is 336 g/mol. The van der Waals surface area contributed by atoms with Crippen LogP contribution in [0.4, 0.5) is 5.82 Å². The number of aryl methyl sites for hydroxylation is 1. The minimum Gasteiger partial charge on any atom is -0.361 e. The number of amides is 1. The van der Waals surface area contributed by atoms with Crippen molar-refractivity contribution in [3.8, 4) is 0 Å². The summed E-state index contributed by atoms with van der Waals surface area (Å²) in [5.41, 5.74) is 2.42. The van der Waals surface area contributed by atoms with Gasteiger partial charge >= 0.3 is 0 Å². The minimum absolute atomic E-state index is 0.266. The molecular weight excluding hydrogens is 316 g/mol. The Morgan fingerprint density at radius 1 is 1.20 bits per heavy atom. The normalized spacial score (nSPS) is 10.5. The lowest BCUT2D eigenvalue weighted by atomic mass is 10.2. The summed E-state index contributed by atoms with van der Waals surface area (Å²) in [4.78, 5) is 18.7. The number of nitrogens with zero attached hydrogens (tertiary/aromatic N) is 3. The van der Waals surface area contributed by atoms with Crippen LogP contribution in [-0.2, 0) is 13.1 Å². The molecule has 0 saturated heterocycles. The predicted octanol–water partition coefficient (Wildman–Crippen LogP) is 2.94. The topological polar surface area (TPSA) is 71.3 Å². The van der Waals surface area contributed by atoms with Crippen LogP contribution in [0.25, 0.3) is 0 Å². The SMILES string of the molecule is Cc1cc(C(=O)NCc2cccnc2N(C)Cc2ccccc2)no1. The highest BCUT2D eigenvalue weighted by atomic mass is 16.5. The molecule has 2 heterocycles. The summed E-state index contributed by atoms with van der Waals surface area (Å²) < 4.78 is 4.93. The van der Waals surface area contributed by atoms with E-state index in [1.807, 2.05) is 37.4 Å². The molecule has 0 spiro atoms. The molecule has 1 amide bonds. The molecule has 0 fully saturated rings. The average molecular weight is 336 g/mol. The first-order valence-corrected chi connectivity index (χ1v) is 8.04. The number of rotatable bonds is 6. The molecule has 25 heavy (non-hydrogen) atoms. The molecule has 0 aliphatic carbocycles. The first-order valence-electron chi connectivity index (χ1n) is 8.04. The van der Waals surface area contributed by atoms with Crippen molar-refractivity contribution in [2.45, 2.75) is 20.0 Å². The summed E-state index contributed by atoms with van der Waals surface area (Å²) >= 11 is 0. The maximum Gasteiger partial charge on any atom is 0.273 e. The molecule has 0 atom stereocenters. The van der Waals surface area contributed by atoms with Gasteiger partial charge in [-0.15, -0.1) is 0 Å². The van der Waals surface area contributed by atoms with Crippen molar-refractivity contribution in [3.63, 3.8) is 0 Å². The van der Waals surface area contributed by atoms with E-state index in [2.05, 4.69) is 32.5 Å². The summed E-state index contributed by atoms with van der Waals surface area (Å²) in [6.45, 7) is 2.86. The average Bonchev–Trinajstić information content (AvgIpc) is 3.07. The highest BCUT2D eigenvalue weighted by Crippen LogP contribution is 2.18. The van der Waals surface area contributed by atoms with E-state index in [4.69, 9.17) is 4.52 Å². The summed E-state index contributed by atoms with van der Waals surface area (Å²) in [5, 5.41) is 6.59. The summed E-state index contributed by atoms with van der Waals surface area (Å²) in [5.74, 6) is 1.18. The second-order valence-electron chi connectivity index (χ2n) is 5.83. The summed E-state index contributed by atoms with van der Waals surface area (Å²) in [6.07, 6.45) is 1.75. The van der Waals surface area contributed by atoms with Crippen LogP contribution in [0.15, 0.2) is 59.3 Å². The van der Waals surface area contributed by atoms with Crippen LogP contribution >= 0.6 is 0 Å². The van der Waals surface area contributed by atoms with Crippen LogP contribution in [0, 0.1) is 6.92 Å². The van der Waals surface area contributed by atoms with Crippen LogP contribution in [0.3, 0.4) is 0 Å². The fraction of sp³-hybridized carbons (Fsp3) is 0.211. The van der Waals surface area contributed by atoms with Gasteiger partial charge in [-0.1, -0.05) is 41.6 Å². The van der Waals surface area contributed by atoms with Crippen molar-refractivity contribution in [1.82, 2.24) is 15.5 Å². The van der Waals surface area contributed by atoms with E-state index in [9.17, 15) is 4.79 Å². The third-order valence-electron chi connectivity index (χ3n) is 3.79. The van der Waals surface area contributed by atoms with E-state index in [-0.39, 0.29) is 11.6 Å². The minimum atomic E-state index is -0.266. The molecule has 2 aromatic heterocycles. The lowest BCUT2D eigenvalue weighted by molar-refractivity contribution is 0.0942. The summed E-state index contributed by atoms with van der Waals surface area (Å²) in [7, 11) is 1.99. The van der Waals surface area contributed by atoms with E-state index in [0.717, 1.165) is 17.9 Å². The number of carbonyl (C=O) groups excluding carboxylic acids is 1. The number of carbonyl (C=O) groups is 1. The van der Waals surface area contributed by atoms with Crippen LogP contribution in [0.1, 0.15) is 27.4 Å². The lowest BCUT2D eigenvalue weighted by Crippen LogP contribution is -2.26. The third-order valence-corrected chi connectivity index (χ3v) is 3.79. The Kier molecular flexibility index (Phi) is 5.09. The van der Waals surface area contributed by atoms with Gasteiger partial charge in [0.1, 0.15) is 11.6 Å². The molecule has 6 nitrogen and oxygen atoms in total. The van der Waals surface area contributed by atoms with Crippen molar-refractivity contribution in [2.24, 2.45) is 0 Å². The Morgan fingerprint density at radius 3 is 2.72 bits per heavy atom. The Labute approximate surface area is 146 Å². The van der Waals surface area contributed by atoms with Crippen LogP contribution < -0.4 is 10.2 Å². The van der Waals surface area contributed by atoms with Gasteiger partial charge in [-0.05, 0) is 18.6 Å². The molecule has 0 aliphatic heterocycles. The van der Waals surface area contributed by atoms with Gasteiger partial charge in [-0.25, -0.2) is 4.98 Å². The number of hydrogen-bond acceptors (Lipinski definition) is 5. The molecule has 6 heteroatoms. The molecule has 0 aliphatic rings. The molecule has 0 bridgehead atoms. The van der Waals surface area contributed by atoms with Crippen molar-refractivity contribution >= 4 is 11.7 Å². The first kappa shape index (κ1) is 16.7. The van der Waals surface area contributed by atoms with Gasteiger partial charge in [0.2, 0.25) is 0 Å². The smallest absolute Gasteiger partial charge is 0.273 e. The van der Waals surface area contributed by atoms with Crippen LogP contribution in [0.2, 0.25) is 0 Å². The van der Waals surface area contributed by atoms with Gasteiger partial charge in [0.15, 0.2) is 5.69 Å². The van der Waals surface area contributed by atoms with Gasteiger partial charge < -0.3 is 14.7 Å². The zero-order valence-electron chi connectivity index (χ0n) is 14.3. The molecular formula is C19H20N4O2. The molecule has 0 radical (unpaired) electrons. The second kappa shape index (κ2) is 7.61. The van der Waals surface area contributed by atoms with Crippen molar-refractivity contribution in [1.29, 1.82) is 0 Å². The maximum atomic E-state index is 12.1. The van der Waals surface area contributed by atoms with Crippen LogP contribution in [0.5, 0.6) is 0 Å². The number of benzene rings is 1. The fourth-order valence-electron chi connectivity index (χ4n) is 2.58. The molecule has 128 valence electrons. The second-order valence-corrected chi connectivity index (χ2v) is 5.83. The summed E-state index contributed by atoms with van der Waals surface area (Å²) in [6, 6.07) is 15.6. The van der Waals surface area contributed by atoms with Gasteiger partial charge in [0.05, 0.1) is 0 Å². The molecule has 0 unspecified atom stereocenters. The largest absolute Gasteiger partial charge is 0.361 e. The zero-order valence-corrected chi connectivity index (χ0v) is 14.3. The van der Waals surface area contributed by atoms with E-state index in [1.165, 1.54) is 5.56 Å². The Balaban J connectivity index is 1.69. The van der Waals surface area contributed by atoms with Gasteiger partial charge in [-0.2, -0.15) is 0 Å². The highest BCUT2D eigenvalue weighted by molar-refractivity contribution is 5.92. The molecule has 3 rings (SSSR count). The van der Waals surface area contributed by atoms with Crippen LogP contribution in [-0.4, -0.2) is 23.1 Å². The molecule has 0 saturated carbocycles. The van der Waals surface area contributed by atoms with E-state index < -0.39 is 0 Å². The zero-order chi connectivity index (χ0) is 17.6. The van der Waals surface area contributed by atoms with Gasteiger partial charge in [0, 0.05) is 38.0 Å². The van der Waals surface area contributed by atoms with Gasteiger partial charge in [-0.3, -0.25) is 4.79 Å². The number of aromatic nitrogens is 2. The standard InChI is InChI=1S/C19H20N4O2/c1-14-11-17(22-25-14)19(24)21-12-16-9-6-10-20-18(16)23(2)13-15-7-4-3-5-8-15/h3-11H,12-13H2,1-2H3,(H,21,24). The van der Waals surface area contributed by atoms with E-state index in [1.54, 1.807) is 19.2 Å². The lowest BCUT2D eigenvalue weighted by Gasteiger charge is -2.21. The number of nitrogens with one attached hydrogen (secondary N) is 1. The quantitative estimate of drug-likeness (QED) is 0.749. The van der Waals surface area contributed by atoms with Crippen molar-refractivity contribution < 1.29 is 9.32 Å². The Bertz CT molecular complexity index is 845. The number of anilines is 1. The van der Waals surface area contributed by atoms with Crippen molar-refractivity contribution in [2.75, 3.05) is 11.9 Å². The van der Waals surface area contributed by atoms with Gasteiger partial charge in [0.25, 0.3) is 5.91 Å². The Morgan fingerprint density at radius 2 is 2.00 bits per heavy atom. The van der Waals surface area contributed by atoms with E-state index in [0.29, 0.717) is 12.3 Å². The molecule has 1 aromatic carbocycles. The first-order chi connectivity index (χ1) is 12.1. The fourth-order valence-corrected chi connectivity index (χ4v) is 2.58. The van der Waals surface area contributed by atoms with Crippen molar-refractivity contribution in [3.05, 3.63) is 77.3 Å². The van der Waals surface area contributed by atoms with E-state index >= 15 is 0 Å². The Hall–Kier alpha value is -3.15. The molecule has 3 aromatic rings. The highest BCUT2D eigenvalue weighted by Gasteiger charge is 2.13. The third kappa shape index (κ3) is 4.23. The maximum absolute atomic E-state index is 12.1.